The van der Waals surface area contributed by atoms with Crippen LogP contribution in [-0.4, -0.2) is 20.9 Å². The van der Waals surface area contributed by atoms with Gasteiger partial charge in [-0.3, -0.25) is 4.79 Å². The minimum Gasteiger partial charge on any atom is -0.366 e. The molecule has 0 radical (unpaired) electrons. The number of nitrogens with zero attached hydrogens (tertiary/aromatic N) is 3. The minimum absolute atomic E-state index is 0.458. The van der Waals surface area contributed by atoms with Crippen LogP contribution in [0, 0.1) is 0 Å². The van der Waals surface area contributed by atoms with Gasteiger partial charge >= 0.3 is 0 Å². The number of primary amides is 1. The van der Waals surface area contributed by atoms with E-state index < -0.39 is 5.91 Å². The number of amides is 1. The molecule has 5 nitrogen and oxygen atoms in total. The molecule has 2 rings (SSSR count). The summed E-state index contributed by atoms with van der Waals surface area (Å²) in [6.45, 7) is 2.01. The summed E-state index contributed by atoms with van der Waals surface area (Å²) in [4.78, 5) is 11.3. The van der Waals surface area contributed by atoms with Crippen molar-refractivity contribution in [3.05, 3.63) is 41.7 Å². The summed E-state index contributed by atoms with van der Waals surface area (Å²) in [6, 6.07) is 5.46. The highest BCUT2D eigenvalue weighted by Crippen LogP contribution is 2.19. The van der Waals surface area contributed by atoms with Crippen LogP contribution in [0.3, 0.4) is 0 Å². The number of carbonyl (C=O) groups is 1. The lowest BCUT2D eigenvalue weighted by Gasteiger charge is -2.10. The number of rotatable bonds is 3. The van der Waals surface area contributed by atoms with Gasteiger partial charge in [-0.15, -0.1) is 5.10 Å². The summed E-state index contributed by atoms with van der Waals surface area (Å²) >= 11 is 0. The van der Waals surface area contributed by atoms with Crippen LogP contribution in [0.1, 0.15) is 22.8 Å². The monoisotopic (exact) mass is 216 g/mol. The minimum atomic E-state index is -0.458. The highest BCUT2D eigenvalue weighted by Gasteiger charge is 2.13. The van der Waals surface area contributed by atoms with Crippen LogP contribution in [0.15, 0.2) is 30.6 Å². The summed E-state index contributed by atoms with van der Waals surface area (Å²) in [5.41, 5.74) is 7.54. The first-order chi connectivity index (χ1) is 7.74. The molecular weight excluding hydrogens is 204 g/mol. The zero-order valence-corrected chi connectivity index (χ0v) is 8.92. The van der Waals surface area contributed by atoms with Crippen molar-refractivity contribution in [1.82, 2.24) is 15.0 Å². The van der Waals surface area contributed by atoms with E-state index in [2.05, 4.69) is 10.3 Å². The zero-order chi connectivity index (χ0) is 11.5. The van der Waals surface area contributed by atoms with Gasteiger partial charge < -0.3 is 5.73 Å². The van der Waals surface area contributed by atoms with Gasteiger partial charge in [-0.1, -0.05) is 24.3 Å². The number of carbonyl (C=O) groups excluding carboxylic acids is 1. The fourth-order valence-corrected chi connectivity index (χ4v) is 1.67. The lowest BCUT2D eigenvalue weighted by atomic mass is 10.0. The van der Waals surface area contributed by atoms with E-state index >= 15 is 0 Å². The Balaban J connectivity index is 2.68. The second-order valence-electron chi connectivity index (χ2n) is 3.38. The van der Waals surface area contributed by atoms with Crippen LogP contribution in [0.2, 0.25) is 0 Å². The van der Waals surface area contributed by atoms with Gasteiger partial charge in [0.15, 0.2) is 0 Å². The van der Waals surface area contributed by atoms with Crippen molar-refractivity contribution in [3.8, 4) is 5.69 Å². The van der Waals surface area contributed by atoms with E-state index in [0.717, 1.165) is 17.7 Å². The number of aryl methyl sites for hydroxylation is 1. The third kappa shape index (κ3) is 1.67. The summed E-state index contributed by atoms with van der Waals surface area (Å²) in [6.07, 6.45) is 4.06. The standard InChI is InChI=1S/C11H12N4O/c1-2-8-4-3-5-9(11(12)16)10(8)15-7-6-13-14-15/h3-7H,2H2,1H3,(H2,12,16). The molecule has 0 atom stereocenters. The second-order valence-corrected chi connectivity index (χ2v) is 3.38. The molecule has 0 aliphatic rings. The molecule has 5 heteroatoms. The van der Waals surface area contributed by atoms with E-state index in [1.165, 1.54) is 0 Å². The van der Waals surface area contributed by atoms with Gasteiger partial charge in [0.1, 0.15) is 0 Å². The summed E-state index contributed by atoms with van der Waals surface area (Å²) in [7, 11) is 0. The van der Waals surface area contributed by atoms with Crippen molar-refractivity contribution in [1.29, 1.82) is 0 Å². The second kappa shape index (κ2) is 4.14. The maximum atomic E-state index is 11.3. The largest absolute Gasteiger partial charge is 0.366 e. The van der Waals surface area contributed by atoms with Crippen molar-refractivity contribution >= 4 is 5.91 Å². The molecule has 16 heavy (non-hydrogen) atoms. The Bertz CT molecular complexity index is 505. The Kier molecular flexibility index (Phi) is 2.68. The Morgan fingerprint density at radius 1 is 1.50 bits per heavy atom. The molecule has 0 spiro atoms. The summed E-state index contributed by atoms with van der Waals surface area (Å²) < 4.78 is 1.57. The molecule has 0 fully saturated rings. The third-order valence-electron chi connectivity index (χ3n) is 2.42. The van der Waals surface area contributed by atoms with E-state index in [1.54, 1.807) is 23.1 Å². The van der Waals surface area contributed by atoms with Crippen LogP contribution >= 0.6 is 0 Å². The van der Waals surface area contributed by atoms with Gasteiger partial charge in [-0.2, -0.15) is 0 Å². The van der Waals surface area contributed by atoms with E-state index in [-0.39, 0.29) is 0 Å². The van der Waals surface area contributed by atoms with Gasteiger partial charge in [-0.25, -0.2) is 4.68 Å². The van der Waals surface area contributed by atoms with Crippen LogP contribution in [0.25, 0.3) is 5.69 Å². The molecule has 0 unspecified atom stereocenters. The average Bonchev–Trinajstić information content (AvgIpc) is 2.81. The van der Waals surface area contributed by atoms with Crippen molar-refractivity contribution in [2.45, 2.75) is 13.3 Å². The molecule has 0 saturated heterocycles. The van der Waals surface area contributed by atoms with Gasteiger partial charge in [-0.05, 0) is 18.1 Å². The predicted molar refractivity (Wildman–Crippen MR) is 59.3 cm³/mol. The molecule has 1 heterocycles. The normalized spacial score (nSPS) is 10.3. The fraction of sp³-hybridized carbons (Fsp3) is 0.182. The number of benzene rings is 1. The lowest BCUT2D eigenvalue weighted by molar-refractivity contribution is 0.1000. The fourth-order valence-electron chi connectivity index (χ4n) is 1.67. The molecule has 82 valence electrons. The quantitative estimate of drug-likeness (QED) is 0.829. The Labute approximate surface area is 92.9 Å². The lowest BCUT2D eigenvalue weighted by Crippen LogP contribution is -2.16. The van der Waals surface area contributed by atoms with Gasteiger partial charge in [0.05, 0.1) is 23.6 Å². The average molecular weight is 216 g/mol. The van der Waals surface area contributed by atoms with Gasteiger partial charge in [0, 0.05) is 0 Å². The molecule has 2 N–H and O–H groups in total. The van der Waals surface area contributed by atoms with Gasteiger partial charge in [0.2, 0.25) is 0 Å². The molecule has 0 bridgehead atoms. The molecule has 1 aromatic heterocycles. The first-order valence-corrected chi connectivity index (χ1v) is 5.02. The van der Waals surface area contributed by atoms with Crippen LogP contribution in [-0.2, 0) is 6.42 Å². The first kappa shape index (κ1) is 10.4. The maximum Gasteiger partial charge on any atom is 0.250 e. The van der Waals surface area contributed by atoms with E-state index in [4.69, 9.17) is 5.73 Å². The molecule has 1 amide bonds. The van der Waals surface area contributed by atoms with Crippen LogP contribution < -0.4 is 5.73 Å². The smallest absolute Gasteiger partial charge is 0.250 e. The van der Waals surface area contributed by atoms with Crippen molar-refractivity contribution in [2.24, 2.45) is 5.73 Å². The molecule has 0 aliphatic carbocycles. The zero-order valence-electron chi connectivity index (χ0n) is 8.92. The maximum absolute atomic E-state index is 11.3. The van der Waals surface area contributed by atoms with Crippen molar-refractivity contribution in [2.75, 3.05) is 0 Å². The summed E-state index contributed by atoms with van der Waals surface area (Å²) in [5, 5.41) is 7.63. The molecule has 1 aromatic carbocycles. The van der Waals surface area contributed by atoms with E-state index in [0.29, 0.717) is 5.56 Å². The van der Waals surface area contributed by atoms with Gasteiger partial charge in [0.25, 0.3) is 5.91 Å². The van der Waals surface area contributed by atoms with E-state index in [9.17, 15) is 4.79 Å². The predicted octanol–water partition coefficient (Wildman–Crippen LogP) is 0.929. The molecule has 2 aromatic rings. The number of para-hydroxylation sites is 1. The van der Waals surface area contributed by atoms with Crippen LogP contribution in [0.4, 0.5) is 0 Å². The first-order valence-electron chi connectivity index (χ1n) is 5.02. The molecular formula is C11H12N4O. The SMILES string of the molecule is CCc1cccc(C(N)=O)c1-n1ccnn1. The van der Waals surface area contributed by atoms with E-state index in [1.807, 2.05) is 19.1 Å². The van der Waals surface area contributed by atoms with Crippen LogP contribution in [0.5, 0.6) is 0 Å². The number of aromatic nitrogens is 3. The third-order valence-corrected chi connectivity index (χ3v) is 2.42. The summed E-state index contributed by atoms with van der Waals surface area (Å²) in [5.74, 6) is -0.458. The highest BCUT2D eigenvalue weighted by molar-refractivity contribution is 5.97. The molecule has 0 aliphatic heterocycles. The van der Waals surface area contributed by atoms with Crippen molar-refractivity contribution < 1.29 is 4.79 Å². The number of hydrogen-bond acceptors (Lipinski definition) is 3. The highest BCUT2D eigenvalue weighted by atomic mass is 16.1. The number of nitrogens with two attached hydrogens (primary N) is 1. The Morgan fingerprint density at radius 3 is 2.88 bits per heavy atom. The Hall–Kier alpha value is -2.17. The topological polar surface area (TPSA) is 73.8 Å². The molecule has 0 saturated carbocycles. The van der Waals surface area contributed by atoms with Crippen molar-refractivity contribution in [3.63, 3.8) is 0 Å². The Morgan fingerprint density at radius 2 is 2.31 bits per heavy atom. The number of hydrogen-bond donors (Lipinski definition) is 1.